The molecule has 0 atom stereocenters. The van der Waals surface area contributed by atoms with Crippen LogP contribution in [0.1, 0.15) is 13.8 Å². The molecule has 0 bridgehead atoms. The van der Waals surface area contributed by atoms with Gasteiger partial charge in [-0.25, -0.2) is 16.1 Å². The number of urea groups is 1. The van der Waals surface area contributed by atoms with Crippen molar-refractivity contribution in [3.05, 3.63) is 0 Å². The van der Waals surface area contributed by atoms with Crippen LogP contribution in [-0.4, -0.2) is 12.1 Å². The van der Waals surface area contributed by atoms with Gasteiger partial charge >= 0.3 is 6.03 Å². The van der Waals surface area contributed by atoms with E-state index in [4.69, 9.17) is 5.84 Å². The number of nitrogens with one attached hydrogen (secondary N) is 3. The van der Waals surface area contributed by atoms with Gasteiger partial charge in [-0.3, -0.25) is 10.9 Å². The molecule has 0 saturated carbocycles. The Hall–Kier alpha value is -0.810. The monoisotopic (exact) mass is 132 g/mol. The zero-order valence-electron chi connectivity index (χ0n) is 5.56. The molecular weight excluding hydrogens is 120 g/mol. The molecule has 0 aliphatic carbocycles. The van der Waals surface area contributed by atoms with Crippen molar-refractivity contribution in [3.63, 3.8) is 0 Å². The van der Waals surface area contributed by atoms with Crippen LogP contribution >= 0.6 is 0 Å². The molecule has 0 aromatic rings. The molecule has 0 aromatic carbocycles. The number of hydrogen-bond donors (Lipinski definition) is 4. The first-order valence-corrected chi connectivity index (χ1v) is 2.69. The summed E-state index contributed by atoms with van der Waals surface area (Å²) in [4.78, 5) is 10.3. The highest BCUT2D eigenvalue weighted by Gasteiger charge is 1.94. The summed E-state index contributed by atoms with van der Waals surface area (Å²) in [6.45, 7) is 3.80. The number of carbonyl (C=O) groups is 1. The van der Waals surface area contributed by atoms with Crippen LogP contribution in [0.25, 0.3) is 0 Å². The summed E-state index contributed by atoms with van der Waals surface area (Å²) in [5.41, 5.74) is 6.87. The molecule has 5 N–H and O–H groups in total. The fourth-order valence-electron chi connectivity index (χ4n) is 0.246. The third kappa shape index (κ3) is 5.05. The van der Waals surface area contributed by atoms with Gasteiger partial charge in [0.2, 0.25) is 0 Å². The van der Waals surface area contributed by atoms with Gasteiger partial charge in [0.15, 0.2) is 0 Å². The van der Waals surface area contributed by atoms with Crippen LogP contribution in [0.2, 0.25) is 0 Å². The smallest absolute Gasteiger partial charge is 0.275 e. The second-order valence-electron chi connectivity index (χ2n) is 1.90. The van der Waals surface area contributed by atoms with E-state index >= 15 is 0 Å². The molecule has 5 nitrogen and oxygen atoms in total. The maximum atomic E-state index is 10.3. The molecule has 0 fully saturated rings. The average Bonchev–Trinajstić information content (AvgIpc) is 1.83. The Bertz CT molecular complexity index is 92.6. The molecule has 0 aliphatic heterocycles. The van der Waals surface area contributed by atoms with Gasteiger partial charge in [0.05, 0.1) is 0 Å². The maximum absolute atomic E-state index is 10.3. The Morgan fingerprint density at radius 1 is 1.56 bits per heavy atom. The third-order valence-electron chi connectivity index (χ3n) is 0.605. The van der Waals surface area contributed by atoms with E-state index in [1.54, 1.807) is 0 Å². The number of carbonyl (C=O) groups excluding carboxylic acids is 1. The fraction of sp³-hybridized carbons (Fsp3) is 0.750. The zero-order chi connectivity index (χ0) is 7.28. The molecule has 0 unspecified atom stereocenters. The quantitative estimate of drug-likeness (QED) is 0.223. The van der Waals surface area contributed by atoms with Crippen LogP contribution in [0, 0.1) is 0 Å². The first-order valence-electron chi connectivity index (χ1n) is 2.69. The Labute approximate surface area is 53.9 Å². The molecule has 0 spiro atoms. The average molecular weight is 132 g/mol. The van der Waals surface area contributed by atoms with Crippen LogP contribution < -0.4 is 22.1 Å². The summed E-state index contributed by atoms with van der Waals surface area (Å²) in [5.74, 6) is 4.76. The zero-order valence-corrected chi connectivity index (χ0v) is 5.56. The predicted octanol–water partition coefficient (Wildman–Crippen LogP) is -0.928. The molecule has 0 rings (SSSR count). The minimum Gasteiger partial charge on any atom is -0.275 e. The minimum atomic E-state index is -0.441. The Kier molecular flexibility index (Phi) is 3.74. The number of hydrogen-bond acceptors (Lipinski definition) is 3. The lowest BCUT2D eigenvalue weighted by Crippen LogP contribution is -2.49. The van der Waals surface area contributed by atoms with E-state index in [1.165, 1.54) is 0 Å². The molecule has 0 heterocycles. The van der Waals surface area contributed by atoms with E-state index in [-0.39, 0.29) is 6.04 Å². The molecule has 0 aliphatic rings. The van der Waals surface area contributed by atoms with E-state index in [2.05, 4.69) is 10.9 Å². The highest BCUT2D eigenvalue weighted by molar-refractivity contribution is 5.72. The standard InChI is InChI=1S/C4H12N4O/c1-3(2)7-8-4(9)6-5/h3,7H,5H2,1-2H3,(H2,6,8,9). The molecule has 2 amide bonds. The number of hydrazine groups is 2. The summed E-state index contributed by atoms with van der Waals surface area (Å²) < 4.78 is 0. The summed E-state index contributed by atoms with van der Waals surface area (Å²) in [5, 5.41) is 0. The molecule has 0 aromatic heterocycles. The Morgan fingerprint density at radius 3 is 2.44 bits per heavy atom. The van der Waals surface area contributed by atoms with Crippen molar-refractivity contribution < 1.29 is 4.79 Å². The van der Waals surface area contributed by atoms with Gasteiger partial charge in [-0.2, -0.15) is 0 Å². The van der Waals surface area contributed by atoms with Crippen molar-refractivity contribution in [2.24, 2.45) is 5.84 Å². The summed E-state index contributed by atoms with van der Waals surface area (Å²) in [6, 6.07) is -0.231. The molecule has 0 saturated heterocycles. The van der Waals surface area contributed by atoms with Crippen molar-refractivity contribution in [1.82, 2.24) is 16.3 Å². The topological polar surface area (TPSA) is 79.2 Å². The van der Waals surface area contributed by atoms with Crippen LogP contribution in [0.5, 0.6) is 0 Å². The first-order chi connectivity index (χ1) is 4.16. The van der Waals surface area contributed by atoms with E-state index in [9.17, 15) is 4.79 Å². The van der Waals surface area contributed by atoms with E-state index < -0.39 is 6.03 Å². The number of rotatable bonds is 2. The predicted molar refractivity (Wildman–Crippen MR) is 34.1 cm³/mol. The summed E-state index contributed by atoms with van der Waals surface area (Å²) >= 11 is 0. The highest BCUT2D eigenvalue weighted by atomic mass is 16.2. The maximum Gasteiger partial charge on any atom is 0.343 e. The van der Waals surface area contributed by atoms with Gasteiger partial charge in [0.25, 0.3) is 0 Å². The first kappa shape index (κ1) is 8.19. The van der Waals surface area contributed by atoms with Crippen LogP contribution in [0.15, 0.2) is 0 Å². The largest absolute Gasteiger partial charge is 0.343 e. The van der Waals surface area contributed by atoms with E-state index in [1.807, 2.05) is 19.3 Å². The van der Waals surface area contributed by atoms with Gasteiger partial charge in [-0.15, -0.1) is 0 Å². The van der Waals surface area contributed by atoms with Crippen molar-refractivity contribution >= 4 is 6.03 Å². The van der Waals surface area contributed by atoms with Crippen LogP contribution in [0.3, 0.4) is 0 Å². The molecule has 0 radical (unpaired) electrons. The van der Waals surface area contributed by atoms with Crippen molar-refractivity contribution in [2.75, 3.05) is 0 Å². The lowest BCUT2D eigenvalue weighted by atomic mass is 10.4. The molecule has 54 valence electrons. The lowest BCUT2D eigenvalue weighted by Gasteiger charge is -2.07. The van der Waals surface area contributed by atoms with Gasteiger partial charge in [0, 0.05) is 6.04 Å². The van der Waals surface area contributed by atoms with Crippen molar-refractivity contribution in [1.29, 1.82) is 0 Å². The van der Waals surface area contributed by atoms with E-state index in [0.29, 0.717) is 0 Å². The number of amides is 2. The lowest BCUT2D eigenvalue weighted by molar-refractivity contribution is 0.235. The second-order valence-corrected chi connectivity index (χ2v) is 1.90. The molecular formula is C4H12N4O. The Balaban J connectivity index is 3.17. The SMILES string of the molecule is CC(C)NNC(=O)NN. The Morgan fingerprint density at radius 2 is 2.11 bits per heavy atom. The third-order valence-corrected chi connectivity index (χ3v) is 0.605. The molecule has 5 heteroatoms. The summed E-state index contributed by atoms with van der Waals surface area (Å²) in [7, 11) is 0. The highest BCUT2D eigenvalue weighted by Crippen LogP contribution is 1.69. The normalized spacial score (nSPS) is 9.33. The molecule has 9 heavy (non-hydrogen) atoms. The second kappa shape index (κ2) is 4.11. The minimum absolute atomic E-state index is 0.210. The number of nitrogens with two attached hydrogens (primary N) is 1. The van der Waals surface area contributed by atoms with Crippen LogP contribution in [-0.2, 0) is 0 Å². The fourth-order valence-corrected chi connectivity index (χ4v) is 0.246. The van der Waals surface area contributed by atoms with E-state index in [0.717, 1.165) is 0 Å². The van der Waals surface area contributed by atoms with Crippen LogP contribution in [0.4, 0.5) is 4.79 Å². The van der Waals surface area contributed by atoms with Crippen molar-refractivity contribution in [3.8, 4) is 0 Å². The van der Waals surface area contributed by atoms with Crippen molar-refractivity contribution in [2.45, 2.75) is 19.9 Å². The van der Waals surface area contributed by atoms with Gasteiger partial charge < -0.3 is 0 Å². The summed E-state index contributed by atoms with van der Waals surface area (Å²) in [6.07, 6.45) is 0. The van der Waals surface area contributed by atoms with Gasteiger partial charge in [-0.1, -0.05) is 0 Å². The van der Waals surface area contributed by atoms with Gasteiger partial charge in [0.1, 0.15) is 0 Å². The van der Waals surface area contributed by atoms with Gasteiger partial charge in [-0.05, 0) is 13.8 Å².